The van der Waals surface area contributed by atoms with Crippen molar-refractivity contribution < 1.29 is 0 Å². The molecule has 26 heavy (non-hydrogen) atoms. The van der Waals surface area contributed by atoms with E-state index in [9.17, 15) is 0 Å². The first-order valence-corrected chi connectivity index (χ1v) is 12.4. The van der Waals surface area contributed by atoms with Gasteiger partial charge in [-0.1, -0.05) is 0 Å². The van der Waals surface area contributed by atoms with Crippen molar-refractivity contribution in [3.8, 4) is 0 Å². The molecule has 0 atom stereocenters. The van der Waals surface area contributed by atoms with Gasteiger partial charge in [-0.3, -0.25) is 0 Å². The summed E-state index contributed by atoms with van der Waals surface area (Å²) in [4.78, 5) is 10.9. The zero-order valence-corrected chi connectivity index (χ0v) is 17.9. The third kappa shape index (κ3) is 5.23. The Morgan fingerprint density at radius 1 is 1.00 bits per heavy atom. The van der Waals surface area contributed by atoms with E-state index in [-0.39, 0.29) is 0 Å². The molecule has 0 saturated heterocycles. The average Bonchev–Trinajstić information content (AvgIpc) is 2.70. The van der Waals surface area contributed by atoms with Crippen molar-refractivity contribution >= 4 is 48.2 Å². The maximum absolute atomic E-state index is 4.85. The number of unbranched alkanes of at least 4 members (excludes halogenated alkanes) is 2. The van der Waals surface area contributed by atoms with Crippen molar-refractivity contribution in [3.63, 3.8) is 0 Å². The Kier molecular flexibility index (Phi) is 7.36. The van der Waals surface area contributed by atoms with E-state index in [1.807, 2.05) is 6.07 Å². The van der Waals surface area contributed by atoms with E-state index < -0.39 is 0 Å². The molecule has 3 rings (SSSR count). The van der Waals surface area contributed by atoms with E-state index >= 15 is 0 Å². The first-order valence-electron chi connectivity index (χ1n) is 9.06. The molecule has 0 fully saturated rings. The normalized spacial score (nSPS) is 11.0. The summed E-state index contributed by atoms with van der Waals surface area (Å²) in [5.74, 6) is 0.955. The zero-order chi connectivity index (χ0) is 18.2. The summed E-state index contributed by atoms with van der Waals surface area (Å²) in [5.41, 5.74) is 2.30. The quantitative estimate of drug-likeness (QED) is 0.298. The van der Waals surface area contributed by atoms with Gasteiger partial charge >= 0.3 is 167 Å². The molecule has 0 radical (unpaired) electrons. The van der Waals surface area contributed by atoms with Gasteiger partial charge in [-0.25, -0.2) is 0 Å². The number of aromatic nitrogens is 2. The molecule has 0 aliphatic rings. The van der Waals surface area contributed by atoms with Gasteiger partial charge in [0.05, 0.1) is 0 Å². The first kappa shape index (κ1) is 19.2. The minimum atomic E-state index is 0.343. The van der Waals surface area contributed by atoms with Crippen LogP contribution in [0.2, 0.25) is 5.32 Å². The average molecular weight is 430 g/mol. The molecule has 5 heteroatoms. The van der Waals surface area contributed by atoms with Crippen molar-refractivity contribution in [1.29, 1.82) is 0 Å². The molecule has 1 heterocycles. The number of hydrogen-bond acceptors (Lipinski definition) is 4. The summed E-state index contributed by atoms with van der Waals surface area (Å²) in [5, 5.41) is 5.85. The molecule has 0 aliphatic heterocycles. The van der Waals surface area contributed by atoms with Crippen molar-refractivity contribution in [1.82, 2.24) is 9.97 Å². The van der Waals surface area contributed by atoms with Crippen LogP contribution in [-0.2, 0) is 6.54 Å². The van der Waals surface area contributed by atoms with E-state index in [0.29, 0.717) is 15.0 Å². The second-order valence-corrected chi connectivity index (χ2v) is 9.24. The number of rotatable bonds is 9. The van der Waals surface area contributed by atoms with Crippen molar-refractivity contribution in [3.05, 3.63) is 54.1 Å². The van der Waals surface area contributed by atoms with Crippen LogP contribution in [0.25, 0.3) is 10.9 Å². The predicted octanol–water partition coefficient (Wildman–Crippen LogP) is 4.90. The Morgan fingerprint density at radius 3 is 2.58 bits per heavy atom. The molecule has 0 saturated carbocycles. The number of para-hydroxylation sites is 1. The van der Waals surface area contributed by atoms with E-state index in [1.165, 1.54) is 35.0 Å². The molecule has 1 aromatic heterocycles. The summed E-state index contributed by atoms with van der Waals surface area (Å²) in [6.45, 7) is 3.02. The molecule has 136 valence electrons. The topological polar surface area (TPSA) is 37.8 Å². The van der Waals surface area contributed by atoms with E-state index in [1.54, 1.807) is 11.8 Å². The maximum atomic E-state index is 4.85. The second kappa shape index (κ2) is 9.96. The molecule has 1 N–H and O–H groups in total. The molecule has 0 spiro atoms. The Bertz CT molecular complexity index is 836. The van der Waals surface area contributed by atoms with Gasteiger partial charge in [-0.2, -0.15) is 0 Å². The van der Waals surface area contributed by atoms with Gasteiger partial charge in [0.2, 0.25) is 0 Å². The summed E-state index contributed by atoms with van der Waals surface area (Å²) in [6, 6.07) is 17.0. The molecule has 2 aromatic carbocycles. The van der Waals surface area contributed by atoms with E-state index in [4.69, 9.17) is 9.97 Å². The van der Waals surface area contributed by atoms with Gasteiger partial charge in [0.1, 0.15) is 0 Å². The Hall–Kier alpha value is -1.55. The summed E-state index contributed by atoms with van der Waals surface area (Å²) < 4.78 is 1.01. The van der Waals surface area contributed by atoms with Crippen LogP contribution in [0.1, 0.15) is 31.7 Å². The number of nitrogens with zero attached hydrogens (tertiary/aromatic N) is 2. The minimum absolute atomic E-state index is 0.343. The van der Waals surface area contributed by atoms with Crippen molar-refractivity contribution in [2.24, 2.45) is 0 Å². The molecular formula is C21H25N3SSe. The Morgan fingerprint density at radius 2 is 1.81 bits per heavy atom. The summed E-state index contributed by atoms with van der Waals surface area (Å²) >= 11 is 2.11. The predicted molar refractivity (Wildman–Crippen MR) is 115 cm³/mol. The van der Waals surface area contributed by atoms with Crippen LogP contribution in [0.15, 0.2) is 53.4 Å². The third-order valence-electron chi connectivity index (χ3n) is 4.18. The van der Waals surface area contributed by atoms with Crippen molar-refractivity contribution in [2.45, 2.75) is 42.9 Å². The Balaban J connectivity index is 1.76. The second-order valence-electron chi connectivity index (χ2n) is 6.13. The molecule has 3 aromatic rings. The standard InChI is InChI=1S/C21H25N3SSe/c1-3-4-7-14-26-21-23-19-9-6-5-8-18(19)20(24-21)22-15-16-10-12-17(25-2)13-11-16/h5-6,8-13H,3-4,7,14-15H2,1-2H3,(H,22,23,24). The third-order valence-corrected chi connectivity index (χ3v) is 6.88. The van der Waals surface area contributed by atoms with Gasteiger partial charge in [-0.15, -0.1) is 0 Å². The fraction of sp³-hybridized carbons (Fsp3) is 0.333. The number of thioether (sulfide) groups is 1. The number of nitrogens with one attached hydrogen (secondary N) is 1. The molecule has 0 aliphatic carbocycles. The van der Waals surface area contributed by atoms with Crippen LogP contribution in [-0.4, -0.2) is 31.2 Å². The fourth-order valence-corrected chi connectivity index (χ4v) is 4.89. The molecule has 0 bridgehead atoms. The fourth-order valence-electron chi connectivity index (χ4n) is 2.70. The van der Waals surface area contributed by atoms with Crippen LogP contribution < -0.4 is 10.0 Å². The van der Waals surface area contributed by atoms with Crippen LogP contribution >= 0.6 is 11.8 Å². The first-order chi connectivity index (χ1) is 12.8. The summed E-state index contributed by atoms with van der Waals surface area (Å²) in [6.07, 6.45) is 5.94. The molecule has 0 unspecified atom stereocenters. The zero-order valence-electron chi connectivity index (χ0n) is 15.4. The number of fused-ring (bicyclic) bond motifs is 1. The Labute approximate surface area is 166 Å². The number of anilines is 1. The number of benzene rings is 2. The monoisotopic (exact) mass is 431 g/mol. The SMILES string of the molecule is CCCCC[Se]c1nc(NCc2ccc(SC)cc2)c2ccccc2n1. The van der Waals surface area contributed by atoms with Gasteiger partial charge in [0, 0.05) is 0 Å². The molecule has 3 nitrogen and oxygen atoms in total. The van der Waals surface area contributed by atoms with Gasteiger partial charge in [0.15, 0.2) is 0 Å². The van der Waals surface area contributed by atoms with Crippen LogP contribution in [0.5, 0.6) is 0 Å². The molecule has 0 amide bonds. The van der Waals surface area contributed by atoms with E-state index in [0.717, 1.165) is 28.0 Å². The van der Waals surface area contributed by atoms with Gasteiger partial charge in [-0.05, 0) is 0 Å². The number of hydrogen-bond donors (Lipinski definition) is 1. The van der Waals surface area contributed by atoms with Gasteiger partial charge < -0.3 is 0 Å². The van der Waals surface area contributed by atoms with Crippen LogP contribution in [0, 0.1) is 0 Å². The van der Waals surface area contributed by atoms with Crippen LogP contribution in [0.3, 0.4) is 0 Å². The van der Waals surface area contributed by atoms with Gasteiger partial charge in [0.25, 0.3) is 0 Å². The van der Waals surface area contributed by atoms with Crippen LogP contribution in [0.4, 0.5) is 5.82 Å². The van der Waals surface area contributed by atoms with E-state index in [2.05, 4.69) is 61.0 Å². The molecular weight excluding hydrogens is 405 g/mol. The summed E-state index contributed by atoms with van der Waals surface area (Å²) in [7, 11) is 0. The van der Waals surface area contributed by atoms with Crippen molar-refractivity contribution in [2.75, 3.05) is 11.6 Å².